The van der Waals surface area contributed by atoms with E-state index >= 15 is 0 Å². The fourth-order valence-electron chi connectivity index (χ4n) is 2.06. The number of carbonyl (C=O) groups excluding carboxylic acids is 1. The molecule has 1 aromatic carbocycles. The van der Waals surface area contributed by atoms with E-state index < -0.39 is 0 Å². The van der Waals surface area contributed by atoms with Gasteiger partial charge in [0, 0.05) is 12.2 Å². The Hall–Kier alpha value is -1.75. The van der Waals surface area contributed by atoms with Crippen molar-refractivity contribution in [3.8, 4) is 5.75 Å². The molecule has 1 unspecified atom stereocenters. The van der Waals surface area contributed by atoms with E-state index in [1.165, 1.54) is 12.1 Å². The number of rotatable bonds is 2. The van der Waals surface area contributed by atoms with Crippen LogP contribution in [0.5, 0.6) is 5.75 Å². The van der Waals surface area contributed by atoms with Gasteiger partial charge < -0.3 is 20.9 Å². The highest BCUT2D eigenvalue weighted by atomic mass is 16.5. The van der Waals surface area contributed by atoms with Gasteiger partial charge in [0.2, 0.25) is 0 Å². The van der Waals surface area contributed by atoms with Crippen LogP contribution in [0, 0.1) is 0 Å². The molecule has 98 valence electrons. The molecule has 0 saturated carbocycles. The number of amides is 1. The normalized spacial score (nSPS) is 23.6. The number of carbonyl (C=O) groups is 1. The molecule has 1 heterocycles. The van der Waals surface area contributed by atoms with E-state index in [2.05, 4.69) is 5.32 Å². The molecule has 1 atom stereocenters. The first-order valence-corrected chi connectivity index (χ1v) is 5.99. The summed E-state index contributed by atoms with van der Waals surface area (Å²) in [4.78, 5) is 12.1. The lowest BCUT2D eigenvalue weighted by Gasteiger charge is -2.34. The summed E-state index contributed by atoms with van der Waals surface area (Å²) in [5.41, 5.74) is 5.82. The molecule has 4 N–H and O–H groups in total. The molecule has 5 nitrogen and oxygen atoms in total. The van der Waals surface area contributed by atoms with E-state index in [0.29, 0.717) is 12.2 Å². The van der Waals surface area contributed by atoms with Crippen molar-refractivity contribution in [1.82, 2.24) is 5.32 Å². The molecular formula is C13H18N2O3. The van der Waals surface area contributed by atoms with Gasteiger partial charge in [-0.05, 0) is 38.0 Å². The van der Waals surface area contributed by atoms with Gasteiger partial charge >= 0.3 is 0 Å². The second kappa shape index (κ2) is 4.86. The highest BCUT2D eigenvalue weighted by Crippen LogP contribution is 2.22. The van der Waals surface area contributed by atoms with Crippen LogP contribution in [0.1, 0.15) is 30.1 Å². The smallest absolute Gasteiger partial charge is 0.251 e. The van der Waals surface area contributed by atoms with E-state index in [-0.39, 0.29) is 22.9 Å². The van der Waals surface area contributed by atoms with Crippen LogP contribution in [0.15, 0.2) is 18.2 Å². The molecule has 2 rings (SSSR count). The van der Waals surface area contributed by atoms with Crippen LogP contribution in [0.2, 0.25) is 0 Å². The zero-order valence-corrected chi connectivity index (χ0v) is 10.4. The Morgan fingerprint density at radius 2 is 2.33 bits per heavy atom. The van der Waals surface area contributed by atoms with Gasteiger partial charge in [0.15, 0.2) is 0 Å². The number of aromatic hydroxyl groups is 1. The molecule has 0 bridgehead atoms. The van der Waals surface area contributed by atoms with Crippen LogP contribution >= 0.6 is 0 Å². The molecule has 18 heavy (non-hydrogen) atoms. The number of nitrogens with two attached hydrogens (primary N) is 1. The Morgan fingerprint density at radius 3 is 2.94 bits per heavy atom. The number of hydrogen-bond acceptors (Lipinski definition) is 4. The average Bonchev–Trinajstić information content (AvgIpc) is 2.33. The van der Waals surface area contributed by atoms with Crippen molar-refractivity contribution in [2.24, 2.45) is 0 Å². The summed E-state index contributed by atoms with van der Waals surface area (Å²) in [6, 6.07) is 4.49. The summed E-state index contributed by atoms with van der Waals surface area (Å²) in [7, 11) is 0. The van der Waals surface area contributed by atoms with Crippen LogP contribution in [-0.4, -0.2) is 29.8 Å². The van der Waals surface area contributed by atoms with Crippen LogP contribution in [-0.2, 0) is 4.74 Å². The summed E-state index contributed by atoms with van der Waals surface area (Å²) in [6.07, 6.45) is 1.82. The molecule has 1 amide bonds. The van der Waals surface area contributed by atoms with E-state index in [1.54, 1.807) is 6.07 Å². The maximum Gasteiger partial charge on any atom is 0.251 e. The standard InChI is InChI=1S/C13H18N2O3/c1-13(5-2-6-18-8-13)15-12(17)9-3-4-10(14)11(16)7-9/h3-4,7,16H,2,5-6,8,14H2,1H3,(H,15,17). The predicted molar refractivity (Wildman–Crippen MR) is 68.4 cm³/mol. The second-order valence-corrected chi connectivity index (χ2v) is 4.94. The first-order chi connectivity index (χ1) is 8.50. The zero-order valence-electron chi connectivity index (χ0n) is 10.4. The lowest BCUT2D eigenvalue weighted by atomic mass is 9.94. The number of ether oxygens (including phenoxy) is 1. The summed E-state index contributed by atoms with van der Waals surface area (Å²) in [6.45, 7) is 3.22. The number of nitrogens with one attached hydrogen (secondary N) is 1. The largest absolute Gasteiger partial charge is 0.506 e. The maximum atomic E-state index is 12.1. The Morgan fingerprint density at radius 1 is 1.56 bits per heavy atom. The summed E-state index contributed by atoms with van der Waals surface area (Å²) in [5, 5.41) is 12.4. The minimum Gasteiger partial charge on any atom is -0.506 e. The lowest BCUT2D eigenvalue weighted by molar-refractivity contribution is 0.0272. The Kier molecular flexibility index (Phi) is 3.43. The van der Waals surface area contributed by atoms with Crippen LogP contribution in [0.25, 0.3) is 0 Å². The van der Waals surface area contributed by atoms with E-state index in [1.807, 2.05) is 6.92 Å². The molecule has 5 heteroatoms. The Labute approximate surface area is 106 Å². The van der Waals surface area contributed by atoms with Crippen molar-refractivity contribution >= 4 is 11.6 Å². The van der Waals surface area contributed by atoms with E-state index in [0.717, 1.165) is 19.4 Å². The fraction of sp³-hybridized carbons (Fsp3) is 0.462. The molecule has 1 aromatic rings. The first kappa shape index (κ1) is 12.7. The fourth-order valence-corrected chi connectivity index (χ4v) is 2.06. The maximum absolute atomic E-state index is 12.1. The highest BCUT2D eigenvalue weighted by molar-refractivity contribution is 5.95. The van der Waals surface area contributed by atoms with Crippen molar-refractivity contribution in [2.45, 2.75) is 25.3 Å². The zero-order chi connectivity index (χ0) is 13.2. The van der Waals surface area contributed by atoms with Gasteiger partial charge in [-0.1, -0.05) is 0 Å². The van der Waals surface area contributed by atoms with Gasteiger partial charge in [0.05, 0.1) is 17.8 Å². The summed E-state index contributed by atoms with van der Waals surface area (Å²) >= 11 is 0. The quantitative estimate of drug-likeness (QED) is 0.545. The molecule has 1 fully saturated rings. The van der Waals surface area contributed by atoms with E-state index in [4.69, 9.17) is 10.5 Å². The molecule has 1 aliphatic heterocycles. The number of phenols is 1. The van der Waals surface area contributed by atoms with Crippen LogP contribution in [0.3, 0.4) is 0 Å². The monoisotopic (exact) mass is 250 g/mol. The minimum atomic E-state index is -0.341. The van der Waals surface area contributed by atoms with Gasteiger partial charge in [0.25, 0.3) is 5.91 Å². The van der Waals surface area contributed by atoms with Gasteiger partial charge in [-0.15, -0.1) is 0 Å². The Bertz CT molecular complexity index is 454. The van der Waals surface area contributed by atoms with Crippen molar-refractivity contribution < 1.29 is 14.6 Å². The molecule has 1 saturated heterocycles. The van der Waals surface area contributed by atoms with Crippen molar-refractivity contribution in [3.63, 3.8) is 0 Å². The summed E-state index contributed by atoms with van der Waals surface area (Å²) < 4.78 is 5.38. The molecule has 0 aliphatic carbocycles. The van der Waals surface area contributed by atoms with Gasteiger partial charge in [-0.25, -0.2) is 0 Å². The second-order valence-electron chi connectivity index (χ2n) is 4.94. The van der Waals surface area contributed by atoms with Crippen molar-refractivity contribution in [2.75, 3.05) is 18.9 Å². The number of hydrogen-bond donors (Lipinski definition) is 3. The first-order valence-electron chi connectivity index (χ1n) is 5.99. The summed E-state index contributed by atoms with van der Waals surface area (Å²) in [5.74, 6) is -0.300. The third-order valence-electron chi connectivity index (χ3n) is 3.15. The number of benzene rings is 1. The molecular weight excluding hydrogens is 232 g/mol. The van der Waals surface area contributed by atoms with Gasteiger partial charge in [-0.3, -0.25) is 4.79 Å². The number of anilines is 1. The predicted octanol–water partition coefficient (Wildman–Crippen LogP) is 1.27. The van der Waals surface area contributed by atoms with Crippen molar-refractivity contribution in [3.05, 3.63) is 23.8 Å². The molecule has 0 radical (unpaired) electrons. The Balaban J connectivity index is 2.09. The van der Waals surface area contributed by atoms with Gasteiger partial charge in [0.1, 0.15) is 5.75 Å². The molecule has 0 spiro atoms. The van der Waals surface area contributed by atoms with Crippen LogP contribution in [0.4, 0.5) is 5.69 Å². The third kappa shape index (κ3) is 2.73. The lowest BCUT2D eigenvalue weighted by Crippen LogP contribution is -2.51. The molecule has 0 aromatic heterocycles. The third-order valence-corrected chi connectivity index (χ3v) is 3.15. The minimum absolute atomic E-state index is 0.0762. The number of phenolic OH excluding ortho intramolecular Hbond substituents is 1. The van der Waals surface area contributed by atoms with E-state index in [9.17, 15) is 9.90 Å². The topological polar surface area (TPSA) is 84.6 Å². The van der Waals surface area contributed by atoms with Crippen LogP contribution < -0.4 is 11.1 Å². The van der Waals surface area contributed by atoms with Gasteiger partial charge in [-0.2, -0.15) is 0 Å². The van der Waals surface area contributed by atoms with Crippen molar-refractivity contribution in [1.29, 1.82) is 0 Å². The average molecular weight is 250 g/mol. The molecule has 1 aliphatic rings. The number of nitrogen functional groups attached to an aromatic ring is 1. The highest BCUT2D eigenvalue weighted by Gasteiger charge is 2.29. The SMILES string of the molecule is CC1(NC(=O)c2ccc(N)c(O)c2)CCCOC1.